The first-order valence-corrected chi connectivity index (χ1v) is 3.89. The molecule has 0 fully saturated rings. The maximum absolute atomic E-state index is 10.4. The first-order valence-electron chi connectivity index (χ1n) is 3.89. The van der Waals surface area contributed by atoms with Crippen LogP contribution in [0.1, 0.15) is 18.6 Å². The molecular weight excluding hydrogens is 188 g/mol. The highest BCUT2D eigenvalue weighted by Crippen LogP contribution is 2.28. The van der Waals surface area contributed by atoms with E-state index in [2.05, 4.69) is 4.84 Å². The Morgan fingerprint density at radius 1 is 1.64 bits per heavy atom. The third-order valence-electron chi connectivity index (χ3n) is 1.78. The lowest BCUT2D eigenvalue weighted by molar-refractivity contribution is -0.385. The Labute approximate surface area is 80.0 Å². The van der Waals surface area contributed by atoms with Gasteiger partial charge in [-0.3, -0.25) is 10.1 Å². The molecule has 0 heterocycles. The van der Waals surface area contributed by atoms with Crippen molar-refractivity contribution in [2.24, 2.45) is 5.90 Å². The van der Waals surface area contributed by atoms with E-state index < -0.39 is 11.0 Å². The van der Waals surface area contributed by atoms with Gasteiger partial charge in [0.1, 0.15) is 0 Å². The van der Waals surface area contributed by atoms with E-state index in [0.717, 1.165) is 0 Å². The molecule has 76 valence electrons. The zero-order chi connectivity index (χ0) is 10.7. The number of hydrogen-bond donors (Lipinski definition) is 2. The van der Waals surface area contributed by atoms with Crippen molar-refractivity contribution >= 4 is 5.69 Å². The number of nitrogens with two attached hydrogens (primary N) is 1. The van der Waals surface area contributed by atoms with Crippen LogP contribution in [0.2, 0.25) is 0 Å². The molecule has 0 saturated carbocycles. The quantitative estimate of drug-likeness (QED) is 0.555. The van der Waals surface area contributed by atoms with Crippen LogP contribution in [0.5, 0.6) is 5.75 Å². The summed E-state index contributed by atoms with van der Waals surface area (Å²) in [5.74, 6) is 5.16. The van der Waals surface area contributed by atoms with Gasteiger partial charge in [0.05, 0.1) is 11.0 Å². The van der Waals surface area contributed by atoms with E-state index in [1.165, 1.54) is 25.1 Å². The van der Waals surface area contributed by atoms with Crippen LogP contribution in [0.15, 0.2) is 18.2 Å². The molecule has 1 aromatic rings. The van der Waals surface area contributed by atoms with Gasteiger partial charge >= 0.3 is 0 Å². The minimum absolute atomic E-state index is 0.110. The number of nitro groups is 1. The normalized spacial score (nSPS) is 12.2. The highest BCUT2D eigenvalue weighted by molar-refractivity contribution is 5.44. The van der Waals surface area contributed by atoms with Gasteiger partial charge in [-0.15, -0.1) is 0 Å². The Morgan fingerprint density at radius 3 is 2.71 bits per heavy atom. The first kappa shape index (κ1) is 10.4. The van der Waals surface area contributed by atoms with Gasteiger partial charge in [-0.05, 0) is 13.0 Å². The van der Waals surface area contributed by atoms with Crippen molar-refractivity contribution in [3.05, 3.63) is 33.9 Å². The second-order valence-corrected chi connectivity index (χ2v) is 2.77. The summed E-state index contributed by atoms with van der Waals surface area (Å²) in [5, 5.41) is 19.7. The van der Waals surface area contributed by atoms with Gasteiger partial charge in [0.2, 0.25) is 0 Å². The van der Waals surface area contributed by atoms with Gasteiger partial charge in [0.25, 0.3) is 5.69 Å². The first-order chi connectivity index (χ1) is 6.56. The molecular formula is C8H10N2O4. The van der Waals surface area contributed by atoms with Gasteiger partial charge in [-0.2, -0.15) is 5.90 Å². The largest absolute Gasteiger partial charge is 0.411 e. The number of nitrogens with zero attached hydrogens (tertiary/aromatic N) is 1. The zero-order valence-corrected chi connectivity index (χ0v) is 7.51. The number of aliphatic hydroxyl groups is 1. The van der Waals surface area contributed by atoms with E-state index >= 15 is 0 Å². The molecule has 0 amide bonds. The van der Waals surface area contributed by atoms with Crippen molar-refractivity contribution in [1.29, 1.82) is 0 Å². The summed E-state index contributed by atoms with van der Waals surface area (Å²) in [4.78, 5) is 14.3. The van der Waals surface area contributed by atoms with E-state index in [9.17, 15) is 15.2 Å². The van der Waals surface area contributed by atoms with Crippen LogP contribution in [-0.4, -0.2) is 10.0 Å². The molecule has 6 nitrogen and oxygen atoms in total. The maximum Gasteiger partial charge on any atom is 0.270 e. The second-order valence-electron chi connectivity index (χ2n) is 2.77. The van der Waals surface area contributed by atoms with E-state index in [1.54, 1.807) is 0 Å². The van der Waals surface area contributed by atoms with Crippen LogP contribution in [0.25, 0.3) is 0 Å². The predicted molar refractivity (Wildman–Crippen MR) is 48.5 cm³/mol. The Hall–Kier alpha value is -1.66. The lowest BCUT2D eigenvalue weighted by Gasteiger charge is -2.08. The Kier molecular flexibility index (Phi) is 3.00. The van der Waals surface area contributed by atoms with Crippen LogP contribution in [0.3, 0.4) is 0 Å². The molecule has 0 bridgehead atoms. The van der Waals surface area contributed by atoms with Crippen molar-refractivity contribution in [3.63, 3.8) is 0 Å². The Bertz CT molecular complexity index is 351. The summed E-state index contributed by atoms with van der Waals surface area (Å²) in [6, 6.07) is 3.83. The van der Waals surface area contributed by atoms with Crippen LogP contribution in [0.4, 0.5) is 5.69 Å². The van der Waals surface area contributed by atoms with Gasteiger partial charge in [0, 0.05) is 17.7 Å². The number of nitro benzene ring substituents is 1. The third-order valence-corrected chi connectivity index (χ3v) is 1.78. The molecule has 0 spiro atoms. The van der Waals surface area contributed by atoms with E-state index in [0.29, 0.717) is 5.56 Å². The fraction of sp³-hybridized carbons (Fsp3) is 0.250. The van der Waals surface area contributed by atoms with Crippen LogP contribution in [0, 0.1) is 10.1 Å². The summed E-state index contributed by atoms with van der Waals surface area (Å²) < 4.78 is 0. The molecule has 0 saturated heterocycles. The fourth-order valence-electron chi connectivity index (χ4n) is 1.08. The molecule has 1 unspecified atom stereocenters. The molecule has 3 N–H and O–H groups in total. The Morgan fingerprint density at radius 2 is 2.29 bits per heavy atom. The number of rotatable bonds is 3. The highest BCUT2D eigenvalue weighted by atomic mass is 16.6. The van der Waals surface area contributed by atoms with Crippen LogP contribution < -0.4 is 10.7 Å². The van der Waals surface area contributed by atoms with Gasteiger partial charge in [0.15, 0.2) is 5.75 Å². The lowest BCUT2D eigenvalue weighted by Crippen LogP contribution is -2.06. The standard InChI is InChI=1S/C8H10N2O4/c1-5(11)7-4-6(10(12)13)2-3-8(7)14-9/h2-5,11H,9H2,1H3. The van der Waals surface area contributed by atoms with Crippen molar-refractivity contribution in [2.75, 3.05) is 0 Å². The highest BCUT2D eigenvalue weighted by Gasteiger charge is 2.14. The smallest absolute Gasteiger partial charge is 0.270 e. The average Bonchev–Trinajstić information content (AvgIpc) is 2.16. The summed E-state index contributed by atoms with van der Waals surface area (Å²) in [7, 11) is 0. The number of non-ortho nitro benzene ring substituents is 1. The van der Waals surface area contributed by atoms with Crippen molar-refractivity contribution in [2.45, 2.75) is 13.0 Å². The number of aliphatic hydroxyl groups excluding tert-OH is 1. The monoisotopic (exact) mass is 198 g/mol. The molecule has 0 aliphatic carbocycles. The SMILES string of the molecule is CC(O)c1cc([N+](=O)[O-])ccc1ON. The molecule has 1 rings (SSSR count). The van der Waals surface area contributed by atoms with Gasteiger partial charge in [-0.25, -0.2) is 0 Å². The molecule has 14 heavy (non-hydrogen) atoms. The molecule has 6 heteroatoms. The van der Waals surface area contributed by atoms with Crippen LogP contribution >= 0.6 is 0 Å². The molecule has 0 aliphatic rings. The maximum atomic E-state index is 10.4. The van der Waals surface area contributed by atoms with Crippen LogP contribution in [-0.2, 0) is 0 Å². The Balaban J connectivity index is 3.20. The molecule has 0 aliphatic heterocycles. The summed E-state index contributed by atoms with van der Waals surface area (Å²) in [5.41, 5.74) is 0.184. The minimum atomic E-state index is -0.867. The zero-order valence-electron chi connectivity index (χ0n) is 7.51. The molecule has 0 radical (unpaired) electrons. The number of hydrogen-bond acceptors (Lipinski definition) is 5. The van der Waals surface area contributed by atoms with E-state index in [-0.39, 0.29) is 11.4 Å². The van der Waals surface area contributed by atoms with Crippen molar-refractivity contribution in [1.82, 2.24) is 0 Å². The third kappa shape index (κ3) is 1.98. The number of benzene rings is 1. The summed E-state index contributed by atoms with van der Waals surface area (Å²) >= 11 is 0. The van der Waals surface area contributed by atoms with Crippen molar-refractivity contribution in [3.8, 4) is 5.75 Å². The van der Waals surface area contributed by atoms with Gasteiger partial charge < -0.3 is 9.94 Å². The summed E-state index contributed by atoms with van der Waals surface area (Å²) in [6.07, 6.45) is -0.867. The predicted octanol–water partition coefficient (Wildman–Crippen LogP) is 0.901. The topological polar surface area (TPSA) is 98.6 Å². The average molecular weight is 198 g/mol. The molecule has 1 atom stereocenters. The van der Waals surface area contributed by atoms with Crippen molar-refractivity contribution < 1.29 is 14.9 Å². The lowest BCUT2D eigenvalue weighted by atomic mass is 10.1. The van der Waals surface area contributed by atoms with Gasteiger partial charge in [-0.1, -0.05) is 0 Å². The minimum Gasteiger partial charge on any atom is -0.411 e. The molecule has 0 aromatic heterocycles. The van der Waals surface area contributed by atoms with E-state index in [4.69, 9.17) is 5.90 Å². The fourth-order valence-corrected chi connectivity index (χ4v) is 1.08. The summed E-state index contributed by atoms with van der Waals surface area (Å²) in [6.45, 7) is 1.47. The second kappa shape index (κ2) is 4.03. The van der Waals surface area contributed by atoms with E-state index in [1.807, 2.05) is 0 Å². The molecule has 1 aromatic carbocycles.